The highest BCUT2D eigenvalue weighted by Crippen LogP contribution is 2.38. The Morgan fingerprint density at radius 3 is 2.68 bits per heavy atom. The monoisotopic (exact) mass is 419 g/mol. The Kier molecular flexibility index (Phi) is 6.07. The van der Waals surface area contributed by atoms with E-state index in [1.165, 1.54) is 16.7 Å². The molecule has 0 saturated heterocycles. The third-order valence-electron chi connectivity index (χ3n) is 5.94. The molecule has 0 N–H and O–H groups in total. The van der Waals surface area contributed by atoms with Crippen molar-refractivity contribution >= 4 is 11.6 Å². The second kappa shape index (κ2) is 8.92. The molecule has 6 nitrogen and oxygen atoms in total. The molecule has 162 valence electrons. The van der Waals surface area contributed by atoms with Gasteiger partial charge in [0.2, 0.25) is 17.6 Å². The highest BCUT2D eigenvalue weighted by Gasteiger charge is 2.27. The van der Waals surface area contributed by atoms with Gasteiger partial charge in [-0.15, -0.1) is 0 Å². The number of hydrogen-bond donors (Lipinski definition) is 0. The fraction of sp³-hybridized carbons (Fsp3) is 0.400. The number of benzene rings is 2. The topological polar surface area (TPSA) is 68.5 Å². The number of fused-ring (bicyclic) bond motifs is 1. The summed E-state index contributed by atoms with van der Waals surface area (Å²) < 4.78 is 11.0. The van der Waals surface area contributed by atoms with Crippen LogP contribution in [0.3, 0.4) is 0 Å². The number of hydrogen-bond acceptors (Lipinski definition) is 5. The molecule has 2 heterocycles. The Balaban J connectivity index is 1.46. The molecule has 0 unspecified atom stereocenters. The first-order valence-electron chi connectivity index (χ1n) is 10.9. The summed E-state index contributed by atoms with van der Waals surface area (Å²) in [5.74, 6) is 2.30. The zero-order valence-electron chi connectivity index (χ0n) is 18.6. The summed E-state index contributed by atoms with van der Waals surface area (Å²) >= 11 is 0. The van der Waals surface area contributed by atoms with Gasteiger partial charge in [-0.1, -0.05) is 49.3 Å². The number of rotatable bonds is 6. The summed E-state index contributed by atoms with van der Waals surface area (Å²) in [5.41, 5.74) is 5.49. The van der Waals surface area contributed by atoms with Gasteiger partial charge in [0.15, 0.2) is 0 Å². The summed E-state index contributed by atoms with van der Waals surface area (Å²) in [5, 5.41) is 4.10. The van der Waals surface area contributed by atoms with Crippen molar-refractivity contribution in [2.45, 2.75) is 52.4 Å². The zero-order valence-corrected chi connectivity index (χ0v) is 18.6. The summed E-state index contributed by atoms with van der Waals surface area (Å²) in [6.07, 6.45) is 2.63. The lowest BCUT2D eigenvalue weighted by Crippen LogP contribution is -2.36. The number of carbonyl (C=O) groups is 1. The van der Waals surface area contributed by atoms with Crippen LogP contribution in [0.2, 0.25) is 0 Å². The van der Waals surface area contributed by atoms with Gasteiger partial charge >= 0.3 is 0 Å². The highest BCUT2D eigenvalue weighted by atomic mass is 16.5. The van der Waals surface area contributed by atoms with Crippen LogP contribution in [-0.2, 0) is 17.6 Å². The maximum atomic E-state index is 13.1. The van der Waals surface area contributed by atoms with E-state index >= 15 is 0 Å². The minimum absolute atomic E-state index is 0.0471. The van der Waals surface area contributed by atoms with Crippen LogP contribution in [-0.4, -0.2) is 29.7 Å². The number of aromatic nitrogens is 2. The van der Waals surface area contributed by atoms with Crippen LogP contribution in [0.5, 0.6) is 5.75 Å². The molecule has 6 heteroatoms. The Bertz CT molecular complexity index is 1070. The number of carbonyl (C=O) groups excluding carboxylic acids is 1. The summed E-state index contributed by atoms with van der Waals surface area (Å²) in [4.78, 5) is 19.4. The van der Waals surface area contributed by atoms with Crippen molar-refractivity contribution in [2.75, 3.05) is 18.6 Å². The Labute approximate surface area is 183 Å². The number of methoxy groups -OCH3 is 1. The molecule has 1 aliphatic heterocycles. The smallest absolute Gasteiger partial charge is 0.227 e. The maximum Gasteiger partial charge on any atom is 0.227 e. The van der Waals surface area contributed by atoms with Crippen LogP contribution in [0.25, 0.3) is 11.4 Å². The molecule has 1 aliphatic rings. The lowest BCUT2D eigenvalue weighted by Gasteiger charge is -2.32. The SMILES string of the molecule is COc1ccc(C)c2c1N(C(=O)CCc1nc(-c3ccc(C(C)C)cc3)no1)CCC2. The lowest BCUT2D eigenvalue weighted by atomic mass is 9.96. The minimum atomic E-state index is 0.0471. The molecule has 1 amide bonds. The van der Waals surface area contributed by atoms with Crippen molar-refractivity contribution in [1.82, 2.24) is 10.1 Å². The van der Waals surface area contributed by atoms with E-state index < -0.39 is 0 Å². The van der Waals surface area contributed by atoms with Crippen LogP contribution < -0.4 is 9.64 Å². The molecule has 0 bridgehead atoms. The fourth-order valence-corrected chi connectivity index (χ4v) is 4.11. The van der Waals surface area contributed by atoms with Gasteiger partial charge in [0.05, 0.1) is 12.8 Å². The molecule has 0 radical (unpaired) electrons. The normalized spacial score (nSPS) is 13.4. The number of nitrogens with zero attached hydrogens (tertiary/aromatic N) is 3. The summed E-state index contributed by atoms with van der Waals surface area (Å²) in [7, 11) is 1.65. The molecule has 0 spiro atoms. The molecule has 31 heavy (non-hydrogen) atoms. The van der Waals surface area contributed by atoms with Crippen LogP contribution >= 0.6 is 0 Å². The fourth-order valence-electron chi connectivity index (χ4n) is 4.11. The average molecular weight is 420 g/mol. The Morgan fingerprint density at radius 1 is 1.19 bits per heavy atom. The van der Waals surface area contributed by atoms with Crippen LogP contribution in [0.4, 0.5) is 5.69 Å². The molecule has 0 atom stereocenters. The molecular formula is C25H29N3O3. The van der Waals surface area contributed by atoms with E-state index in [1.807, 2.05) is 23.1 Å². The van der Waals surface area contributed by atoms with Crippen LogP contribution in [0.15, 0.2) is 40.9 Å². The predicted octanol–water partition coefficient (Wildman–Crippen LogP) is 5.09. The van der Waals surface area contributed by atoms with E-state index in [4.69, 9.17) is 9.26 Å². The zero-order chi connectivity index (χ0) is 22.0. The lowest BCUT2D eigenvalue weighted by molar-refractivity contribution is -0.118. The van der Waals surface area contributed by atoms with Gasteiger partial charge in [0.1, 0.15) is 5.75 Å². The van der Waals surface area contributed by atoms with Crippen LogP contribution in [0, 0.1) is 6.92 Å². The highest BCUT2D eigenvalue weighted by molar-refractivity contribution is 5.96. The molecule has 0 fully saturated rings. The van der Waals surface area contributed by atoms with E-state index in [0.29, 0.717) is 37.0 Å². The molecule has 0 aliphatic carbocycles. The van der Waals surface area contributed by atoms with Crippen molar-refractivity contribution in [2.24, 2.45) is 0 Å². The van der Waals surface area contributed by atoms with E-state index in [9.17, 15) is 4.79 Å². The van der Waals surface area contributed by atoms with E-state index in [2.05, 4.69) is 49.1 Å². The number of ether oxygens (including phenoxy) is 1. The van der Waals surface area contributed by atoms with Gasteiger partial charge in [0, 0.05) is 24.9 Å². The molecule has 2 aromatic carbocycles. The number of anilines is 1. The molecule has 1 aromatic heterocycles. The standard InChI is InChI=1S/C25H29N3O3/c1-16(2)18-8-10-19(11-9-18)25-26-22(31-27-25)13-14-23(29)28-15-5-6-20-17(3)7-12-21(30-4)24(20)28/h7-12,16H,5-6,13-15H2,1-4H3. The van der Waals surface area contributed by atoms with E-state index in [0.717, 1.165) is 29.8 Å². The second-order valence-electron chi connectivity index (χ2n) is 8.35. The summed E-state index contributed by atoms with van der Waals surface area (Å²) in [6.45, 7) is 7.11. The maximum absolute atomic E-state index is 13.1. The number of amides is 1. The van der Waals surface area contributed by atoms with Crippen molar-refractivity contribution in [3.8, 4) is 17.1 Å². The van der Waals surface area contributed by atoms with E-state index in [-0.39, 0.29) is 5.91 Å². The average Bonchev–Trinajstić information content (AvgIpc) is 3.27. The van der Waals surface area contributed by atoms with Gasteiger partial charge in [-0.05, 0) is 48.4 Å². The number of aryl methyl sites for hydroxylation is 2. The van der Waals surface area contributed by atoms with Gasteiger partial charge in [0.25, 0.3) is 0 Å². The molecule has 4 rings (SSSR count). The van der Waals surface area contributed by atoms with Crippen molar-refractivity contribution in [3.63, 3.8) is 0 Å². The first-order valence-corrected chi connectivity index (χ1v) is 10.9. The van der Waals surface area contributed by atoms with Crippen molar-refractivity contribution < 1.29 is 14.1 Å². The van der Waals surface area contributed by atoms with Gasteiger partial charge in [-0.25, -0.2) is 0 Å². The summed E-state index contributed by atoms with van der Waals surface area (Å²) in [6, 6.07) is 12.2. The van der Waals surface area contributed by atoms with Crippen molar-refractivity contribution in [1.29, 1.82) is 0 Å². The Morgan fingerprint density at radius 2 is 1.97 bits per heavy atom. The third-order valence-corrected chi connectivity index (χ3v) is 5.94. The molecule has 0 saturated carbocycles. The molecule has 3 aromatic rings. The van der Waals surface area contributed by atoms with Crippen molar-refractivity contribution in [3.05, 3.63) is 59.0 Å². The van der Waals surface area contributed by atoms with Crippen LogP contribution in [0.1, 0.15) is 55.2 Å². The first-order chi connectivity index (χ1) is 15.0. The quantitative estimate of drug-likeness (QED) is 0.557. The largest absolute Gasteiger partial charge is 0.495 e. The first kappa shape index (κ1) is 21.1. The minimum Gasteiger partial charge on any atom is -0.495 e. The van der Waals surface area contributed by atoms with Gasteiger partial charge in [-0.2, -0.15) is 4.98 Å². The second-order valence-corrected chi connectivity index (χ2v) is 8.35. The van der Waals surface area contributed by atoms with Gasteiger partial charge in [-0.3, -0.25) is 4.79 Å². The predicted molar refractivity (Wildman–Crippen MR) is 121 cm³/mol. The molecular weight excluding hydrogens is 390 g/mol. The third kappa shape index (κ3) is 4.33. The van der Waals surface area contributed by atoms with E-state index in [1.54, 1.807) is 7.11 Å². The Hall–Kier alpha value is -3.15. The van der Waals surface area contributed by atoms with Gasteiger partial charge < -0.3 is 14.2 Å².